The molecule has 0 spiro atoms. The molecule has 3 rings (SSSR count). The molecule has 0 atom stereocenters. The molecule has 106 valence electrons. The Morgan fingerprint density at radius 1 is 1.19 bits per heavy atom. The number of aromatic nitrogens is 2. The highest BCUT2D eigenvalue weighted by Crippen LogP contribution is 2.18. The largest absolute Gasteiger partial charge is 0.350 e. The van der Waals surface area contributed by atoms with E-state index in [-0.39, 0.29) is 5.91 Å². The summed E-state index contributed by atoms with van der Waals surface area (Å²) in [7, 11) is 0. The van der Waals surface area contributed by atoms with Gasteiger partial charge in [-0.05, 0) is 23.8 Å². The first-order valence-corrected chi connectivity index (χ1v) is 6.99. The van der Waals surface area contributed by atoms with Crippen LogP contribution in [0.4, 0.5) is 0 Å². The number of imidazole rings is 1. The summed E-state index contributed by atoms with van der Waals surface area (Å²) in [6.07, 6.45) is 3.68. The van der Waals surface area contributed by atoms with Gasteiger partial charge in [0.05, 0.1) is 0 Å². The minimum absolute atomic E-state index is 0.0374. The van der Waals surface area contributed by atoms with Gasteiger partial charge in [0.1, 0.15) is 5.82 Å². The molecule has 21 heavy (non-hydrogen) atoms. The van der Waals surface area contributed by atoms with Crippen molar-refractivity contribution >= 4 is 16.7 Å². The predicted octanol–water partition coefficient (Wildman–Crippen LogP) is 2.77. The monoisotopic (exact) mass is 279 g/mol. The van der Waals surface area contributed by atoms with Gasteiger partial charge in [-0.3, -0.25) is 4.79 Å². The molecule has 0 fully saturated rings. The van der Waals surface area contributed by atoms with E-state index in [0.717, 1.165) is 28.7 Å². The smallest absolute Gasteiger partial charge is 0.251 e. The van der Waals surface area contributed by atoms with Crippen LogP contribution in [0.3, 0.4) is 0 Å². The van der Waals surface area contributed by atoms with E-state index in [4.69, 9.17) is 0 Å². The Morgan fingerprint density at radius 3 is 2.81 bits per heavy atom. The number of carbonyl (C=O) groups excluding carboxylic acids is 1. The van der Waals surface area contributed by atoms with Gasteiger partial charge in [0, 0.05) is 31.0 Å². The Kier molecular flexibility index (Phi) is 3.69. The van der Waals surface area contributed by atoms with Gasteiger partial charge in [-0.2, -0.15) is 0 Å². The second-order valence-corrected chi connectivity index (χ2v) is 4.95. The fourth-order valence-corrected chi connectivity index (χ4v) is 2.45. The highest BCUT2D eigenvalue weighted by Gasteiger charge is 2.08. The molecule has 1 aromatic heterocycles. The fourth-order valence-electron chi connectivity index (χ4n) is 2.45. The number of nitrogens with zero attached hydrogens (tertiary/aromatic N) is 2. The van der Waals surface area contributed by atoms with Gasteiger partial charge in [0.15, 0.2) is 0 Å². The molecule has 4 heteroatoms. The second-order valence-electron chi connectivity index (χ2n) is 4.95. The number of hydrogen-bond donors (Lipinski definition) is 1. The van der Waals surface area contributed by atoms with Gasteiger partial charge in [0.25, 0.3) is 5.91 Å². The topological polar surface area (TPSA) is 46.9 Å². The lowest BCUT2D eigenvalue weighted by molar-refractivity contribution is 0.0954. The molecule has 1 N–H and O–H groups in total. The number of nitrogens with one attached hydrogen (secondary N) is 1. The van der Waals surface area contributed by atoms with Crippen molar-refractivity contribution in [1.82, 2.24) is 14.9 Å². The molecule has 1 heterocycles. The summed E-state index contributed by atoms with van der Waals surface area (Å²) >= 11 is 0. The maximum atomic E-state index is 12.3. The number of rotatable bonds is 4. The first-order chi connectivity index (χ1) is 10.3. The van der Waals surface area contributed by atoms with Crippen LogP contribution in [0.5, 0.6) is 0 Å². The van der Waals surface area contributed by atoms with E-state index in [0.29, 0.717) is 6.54 Å². The summed E-state index contributed by atoms with van der Waals surface area (Å²) in [5, 5.41) is 5.03. The quantitative estimate of drug-likeness (QED) is 0.798. The van der Waals surface area contributed by atoms with Crippen LogP contribution in [0, 0.1) is 6.92 Å². The average molecular weight is 279 g/mol. The van der Waals surface area contributed by atoms with Gasteiger partial charge in [0.2, 0.25) is 0 Å². The minimum Gasteiger partial charge on any atom is -0.350 e. The van der Waals surface area contributed by atoms with E-state index >= 15 is 0 Å². The number of carbonyl (C=O) groups is 1. The Hall–Kier alpha value is -2.62. The van der Waals surface area contributed by atoms with Crippen LogP contribution < -0.4 is 5.32 Å². The zero-order chi connectivity index (χ0) is 14.7. The van der Waals surface area contributed by atoms with Gasteiger partial charge in [-0.25, -0.2) is 4.98 Å². The highest BCUT2D eigenvalue weighted by molar-refractivity contribution is 6.06. The first-order valence-electron chi connectivity index (χ1n) is 6.99. The SMILES string of the molecule is Cc1nccn1CCNC(=O)c1cccc2ccccc12. The van der Waals surface area contributed by atoms with E-state index in [9.17, 15) is 4.79 Å². The van der Waals surface area contributed by atoms with E-state index in [1.165, 1.54) is 0 Å². The van der Waals surface area contributed by atoms with Crippen LogP contribution >= 0.6 is 0 Å². The third kappa shape index (κ3) is 2.79. The summed E-state index contributed by atoms with van der Waals surface area (Å²) in [4.78, 5) is 16.5. The number of benzene rings is 2. The number of amides is 1. The van der Waals surface area contributed by atoms with Crippen LogP contribution in [-0.2, 0) is 6.54 Å². The molecule has 0 saturated heterocycles. The third-order valence-electron chi connectivity index (χ3n) is 3.60. The molecule has 0 aliphatic heterocycles. The second kappa shape index (κ2) is 5.79. The lowest BCUT2D eigenvalue weighted by Gasteiger charge is -2.09. The van der Waals surface area contributed by atoms with Gasteiger partial charge in [-0.1, -0.05) is 36.4 Å². The minimum atomic E-state index is -0.0374. The normalized spacial score (nSPS) is 10.7. The Morgan fingerprint density at radius 2 is 2.00 bits per heavy atom. The van der Waals surface area contributed by atoms with Crippen LogP contribution in [-0.4, -0.2) is 22.0 Å². The summed E-state index contributed by atoms with van der Waals surface area (Å²) in [6.45, 7) is 3.26. The molecular formula is C17H17N3O. The van der Waals surface area contributed by atoms with Crippen molar-refractivity contribution in [2.24, 2.45) is 0 Å². The lowest BCUT2D eigenvalue weighted by Crippen LogP contribution is -2.27. The zero-order valence-corrected chi connectivity index (χ0v) is 11.9. The standard InChI is InChI=1S/C17H17N3O/c1-13-18-9-11-20(13)12-10-19-17(21)16-8-4-6-14-5-2-3-7-15(14)16/h2-9,11H,10,12H2,1H3,(H,19,21). The van der Waals surface area contributed by atoms with Crippen LogP contribution in [0.2, 0.25) is 0 Å². The van der Waals surface area contributed by atoms with Gasteiger partial charge in [-0.15, -0.1) is 0 Å². The Balaban J connectivity index is 1.71. The number of fused-ring (bicyclic) bond motifs is 1. The van der Waals surface area contributed by atoms with E-state index in [1.54, 1.807) is 6.20 Å². The summed E-state index contributed by atoms with van der Waals surface area (Å²) in [5.41, 5.74) is 0.718. The van der Waals surface area contributed by atoms with Crippen LogP contribution in [0.25, 0.3) is 10.8 Å². The maximum Gasteiger partial charge on any atom is 0.251 e. The maximum absolute atomic E-state index is 12.3. The van der Waals surface area contributed by atoms with Crippen molar-refractivity contribution in [3.63, 3.8) is 0 Å². The summed E-state index contributed by atoms with van der Waals surface area (Å²) < 4.78 is 2.02. The van der Waals surface area contributed by atoms with Crippen molar-refractivity contribution in [3.8, 4) is 0 Å². The zero-order valence-electron chi connectivity index (χ0n) is 11.9. The molecule has 3 aromatic rings. The molecule has 0 aliphatic rings. The molecule has 0 saturated carbocycles. The molecule has 0 aliphatic carbocycles. The molecule has 0 radical (unpaired) electrons. The molecule has 2 aromatic carbocycles. The van der Waals surface area contributed by atoms with Crippen molar-refractivity contribution < 1.29 is 4.79 Å². The summed E-state index contributed by atoms with van der Waals surface area (Å²) in [5.74, 6) is 0.916. The van der Waals surface area contributed by atoms with E-state index < -0.39 is 0 Å². The Labute approximate surface area is 123 Å². The number of aryl methyl sites for hydroxylation is 1. The van der Waals surface area contributed by atoms with Crippen LogP contribution in [0.15, 0.2) is 54.9 Å². The average Bonchev–Trinajstić information content (AvgIpc) is 2.92. The lowest BCUT2D eigenvalue weighted by atomic mass is 10.0. The van der Waals surface area contributed by atoms with Crippen molar-refractivity contribution in [2.45, 2.75) is 13.5 Å². The molecule has 4 nitrogen and oxygen atoms in total. The highest BCUT2D eigenvalue weighted by atomic mass is 16.1. The van der Waals surface area contributed by atoms with Crippen molar-refractivity contribution in [1.29, 1.82) is 0 Å². The van der Waals surface area contributed by atoms with Crippen LogP contribution in [0.1, 0.15) is 16.2 Å². The predicted molar refractivity (Wildman–Crippen MR) is 83.2 cm³/mol. The molecule has 0 unspecified atom stereocenters. The van der Waals surface area contributed by atoms with Gasteiger partial charge >= 0.3 is 0 Å². The van der Waals surface area contributed by atoms with Gasteiger partial charge < -0.3 is 9.88 Å². The Bertz CT molecular complexity index is 771. The third-order valence-corrected chi connectivity index (χ3v) is 3.60. The molecule has 0 bridgehead atoms. The van der Waals surface area contributed by atoms with Crippen molar-refractivity contribution in [2.75, 3.05) is 6.54 Å². The van der Waals surface area contributed by atoms with Crippen molar-refractivity contribution in [3.05, 3.63) is 66.2 Å². The van der Waals surface area contributed by atoms with E-state index in [1.807, 2.05) is 60.2 Å². The first kappa shape index (κ1) is 13.4. The van der Waals surface area contributed by atoms with E-state index in [2.05, 4.69) is 10.3 Å². The number of hydrogen-bond acceptors (Lipinski definition) is 2. The summed E-state index contributed by atoms with van der Waals surface area (Å²) in [6, 6.07) is 13.7. The fraction of sp³-hybridized carbons (Fsp3) is 0.176. The molecular weight excluding hydrogens is 262 g/mol. The molecule has 1 amide bonds.